The first-order valence-corrected chi connectivity index (χ1v) is 9.44. The molecule has 3 nitrogen and oxygen atoms in total. The van der Waals surface area contributed by atoms with Crippen LogP contribution in [0.25, 0.3) is 0 Å². The number of amides is 1. The second-order valence-electron chi connectivity index (χ2n) is 6.95. The van der Waals surface area contributed by atoms with Crippen LogP contribution in [-0.2, 0) is 9.59 Å². The average Bonchev–Trinajstić information content (AvgIpc) is 2.63. The Hall–Kier alpha value is -2.17. The molecule has 1 aliphatic carbocycles. The summed E-state index contributed by atoms with van der Waals surface area (Å²) < 4.78 is 13.2. The van der Waals surface area contributed by atoms with Crippen molar-refractivity contribution in [1.82, 2.24) is 5.32 Å². The fourth-order valence-electron chi connectivity index (χ4n) is 3.94. The molecule has 1 N–H and O–H groups in total. The lowest BCUT2D eigenvalue weighted by Crippen LogP contribution is -2.38. The normalized spacial score (nSPS) is 22.5. The summed E-state index contributed by atoms with van der Waals surface area (Å²) in [7, 11) is 0. The van der Waals surface area contributed by atoms with Crippen molar-refractivity contribution < 1.29 is 14.0 Å². The number of carbonyl (C=O) groups excluding carboxylic acids is 2. The van der Waals surface area contributed by atoms with Gasteiger partial charge in [0, 0.05) is 30.0 Å². The molecule has 2 aromatic carbocycles. The van der Waals surface area contributed by atoms with Crippen LogP contribution in [0, 0.1) is 5.82 Å². The van der Waals surface area contributed by atoms with Gasteiger partial charge in [0.05, 0.1) is 10.0 Å². The first kappa shape index (κ1) is 18.2. The summed E-state index contributed by atoms with van der Waals surface area (Å²) in [5.41, 5.74) is 3.00. The molecule has 138 valence electrons. The Morgan fingerprint density at radius 1 is 0.889 bits per heavy atom. The van der Waals surface area contributed by atoms with E-state index in [1.54, 1.807) is 30.3 Å². The highest BCUT2D eigenvalue weighted by Gasteiger charge is 2.38. The van der Waals surface area contributed by atoms with E-state index < -0.39 is 0 Å². The van der Waals surface area contributed by atoms with Crippen LogP contribution in [0.1, 0.15) is 42.2 Å². The van der Waals surface area contributed by atoms with Crippen molar-refractivity contribution in [3.05, 3.63) is 80.7 Å². The van der Waals surface area contributed by atoms with Gasteiger partial charge in [-0.25, -0.2) is 4.39 Å². The van der Waals surface area contributed by atoms with Crippen LogP contribution in [-0.4, -0.2) is 11.7 Å². The molecule has 2 aromatic rings. The van der Waals surface area contributed by atoms with Gasteiger partial charge >= 0.3 is 0 Å². The van der Waals surface area contributed by atoms with Crippen LogP contribution in [0.3, 0.4) is 0 Å². The van der Waals surface area contributed by atoms with Gasteiger partial charge in [-0.1, -0.05) is 41.4 Å². The van der Waals surface area contributed by atoms with Gasteiger partial charge < -0.3 is 5.32 Å². The first-order chi connectivity index (χ1) is 12.9. The molecular weight excluding hydrogens is 388 g/mol. The van der Waals surface area contributed by atoms with Crippen LogP contribution in [0.4, 0.5) is 4.39 Å². The predicted octanol–water partition coefficient (Wildman–Crippen LogP) is 5.14. The van der Waals surface area contributed by atoms with E-state index in [9.17, 15) is 14.0 Å². The van der Waals surface area contributed by atoms with Crippen LogP contribution >= 0.6 is 23.2 Å². The number of ketones is 1. The smallest absolute Gasteiger partial charge is 0.225 e. The van der Waals surface area contributed by atoms with Crippen molar-refractivity contribution in [3.8, 4) is 0 Å². The van der Waals surface area contributed by atoms with E-state index >= 15 is 0 Å². The highest BCUT2D eigenvalue weighted by molar-refractivity contribution is 6.42. The summed E-state index contributed by atoms with van der Waals surface area (Å²) >= 11 is 12.1. The van der Waals surface area contributed by atoms with Gasteiger partial charge in [0.1, 0.15) is 5.82 Å². The number of halogens is 3. The molecule has 1 heterocycles. The van der Waals surface area contributed by atoms with Crippen LogP contribution in [0.5, 0.6) is 0 Å². The number of hydrogen-bond acceptors (Lipinski definition) is 2. The van der Waals surface area contributed by atoms with E-state index in [1.807, 2.05) is 0 Å². The molecule has 1 aliphatic heterocycles. The number of benzene rings is 2. The summed E-state index contributed by atoms with van der Waals surface area (Å²) in [4.78, 5) is 25.3. The van der Waals surface area contributed by atoms with Crippen molar-refractivity contribution in [2.24, 2.45) is 0 Å². The Kier molecular flexibility index (Phi) is 4.79. The Balaban J connectivity index is 1.71. The van der Waals surface area contributed by atoms with Gasteiger partial charge in [0.2, 0.25) is 5.91 Å². The number of rotatable bonds is 2. The summed E-state index contributed by atoms with van der Waals surface area (Å²) in [6.07, 6.45) is 1.07. The number of carbonyl (C=O) groups is 2. The van der Waals surface area contributed by atoms with E-state index in [0.717, 1.165) is 11.1 Å². The molecule has 0 saturated heterocycles. The van der Waals surface area contributed by atoms with Crippen molar-refractivity contribution in [2.45, 2.75) is 31.1 Å². The summed E-state index contributed by atoms with van der Waals surface area (Å²) in [6, 6.07) is 11.4. The molecule has 0 radical (unpaired) electrons. The van der Waals surface area contributed by atoms with Gasteiger partial charge in [-0.2, -0.15) is 0 Å². The van der Waals surface area contributed by atoms with E-state index in [2.05, 4.69) is 5.32 Å². The third-order valence-corrected chi connectivity index (χ3v) is 5.96. The topological polar surface area (TPSA) is 46.2 Å². The van der Waals surface area contributed by atoms with Gasteiger partial charge in [-0.3, -0.25) is 9.59 Å². The largest absolute Gasteiger partial charge is 0.329 e. The van der Waals surface area contributed by atoms with Crippen molar-refractivity contribution >= 4 is 34.9 Å². The fraction of sp³-hybridized carbons (Fsp3) is 0.238. The molecule has 4 rings (SSSR count). The number of hydrogen-bond donors (Lipinski definition) is 1. The van der Waals surface area contributed by atoms with Gasteiger partial charge in [0.15, 0.2) is 5.78 Å². The lowest BCUT2D eigenvalue weighted by atomic mass is 9.73. The van der Waals surface area contributed by atoms with Crippen LogP contribution in [0.2, 0.25) is 10.0 Å². The molecule has 27 heavy (non-hydrogen) atoms. The molecule has 6 heteroatoms. The average molecular weight is 404 g/mol. The highest BCUT2D eigenvalue weighted by atomic mass is 35.5. The maximum atomic E-state index is 13.2. The van der Waals surface area contributed by atoms with E-state index in [1.165, 1.54) is 12.1 Å². The third-order valence-electron chi connectivity index (χ3n) is 5.22. The maximum Gasteiger partial charge on any atom is 0.225 e. The third kappa shape index (κ3) is 3.52. The Morgan fingerprint density at radius 3 is 2.30 bits per heavy atom. The van der Waals surface area contributed by atoms with Crippen molar-refractivity contribution in [1.29, 1.82) is 0 Å². The van der Waals surface area contributed by atoms with Crippen LogP contribution in [0.15, 0.2) is 53.7 Å². The molecule has 0 fully saturated rings. The van der Waals surface area contributed by atoms with Crippen molar-refractivity contribution in [2.75, 3.05) is 0 Å². The minimum Gasteiger partial charge on any atom is -0.329 e. The Bertz CT molecular complexity index is 969. The van der Waals surface area contributed by atoms with E-state index in [0.29, 0.717) is 34.2 Å². The Labute approximate surface area is 166 Å². The quantitative estimate of drug-likeness (QED) is 0.754. The predicted molar refractivity (Wildman–Crippen MR) is 102 cm³/mol. The molecule has 1 amide bonds. The zero-order valence-corrected chi connectivity index (χ0v) is 15.8. The molecule has 0 aromatic heterocycles. The van der Waals surface area contributed by atoms with Crippen LogP contribution < -0.4 is 5.32 Å². The second kappa shape index (κ2) is 7.10. The number of Topliss-reactive ketones (excluding diaryl/α,β-unsaturated/α-hetero) is 1. The lowest BCUT2D eigenvalue weighted by Gasteiger charge is -2.34. The zero-order chi connectivity index (χ0) is 19.1. The zero-order valence-electron chi connectivity index (χ0n) is 14.3. The molecule has 2 aliphatic rings. The minimum absolute atomic E-state index is 0.00153. The lowest BCUT2D eigenvalue weighted by molar-refractivity contribution is -0.122. The minimum atomic E-state index is -0.329. The van der Waals surface area contributed by atoms with E-state index in [-0.39, 0.29) is 35.8 Å². The molecule has 2 atom stereocenters. The molecule has 0 bridgehead atoms. The van der Waals surface area contributed by atoms with Gasteiger partial charge in [-0.15, -0.1) is 0 Å². The first-order valence-electron chi connectivity index (χ1n) is 8.69. The number of allylic oxidation sites excluding steroid dienone is 2. The second-order valence-corrected chi connectivity index (χ2v) is 7.76. The molecular formula is C21H16Cl2FNO2. The monoisotopic (exact) mass is 403 g/mol. The summed E-state index contributed by atoms with van der Waals surface area (Å²) in [6.45, 7) is 0. The van der Waals surface area contributed by atoms with Gasteiger partial charge in [0.25, 0.3) is 0 Å². The molecule has 0 spiro atoms. The summed E-state index contributed by atoms with van der Waals surface area (Å²) in [5, 5.41) is 3.70. The number of nitrogens with one attached hydrogen (secondary N) is 1. The fourth-order valence-corrected chi connectivity index (χ4v) is 4.25. The highest BCUT2D eigenvalue weighted by Crippen LogP contribution is 2.43. The van der Waals surface area contributed by atoms with Crippen molar-refractivity contribution in [3.63, 3.8) is 0 Å². The van der Waals surface area contributed by atoms with E-state index in [4.69, 9.17) is 23.2 Å². The maximum absolute atomic E-state index is 13.2. The van der Waals surface area contributed by atoms with Gasteiger partial charge in [-0.05, 0) is 47.7 Å². The standard InChI is InChI=1S/C21H16Cl2FNO2/c22-16-6-3-12(7-17(16)23)15-10-20(27)25-18-8-13(9-19(26)21(15)18)11-1-4-14(24)5-2-11/h1-7,13,15H,8-10H2,(H,25,27)/t13-,15-/m0/s1. The SMILES string of the molecule is O=C1C[C@@H](c2ccc(Cl)c(Cl)c2)C2=C(C[C@H](c3ccc(F)cc3)CC2=O)N1. The Morgan fingerprint density at radius 2 is 1.59 bits per heavy atom. The molecule has 0 unspecified atom stereocenters. The molecule has 0 saturated carbocycles. The summed E-state index contributed by atoms with van der Waals surface area (Å²) in [5.74, 6) is -0.847.